The van der Waals surface area contributed by atoms with Gasteiger partial charge < -0.3 is 28.4 Å². The molecule has 0 amide bonds. The zero-order chi connectivity index (χ0) is 18.9. The molecule has 0 aromatic heterocycles. The molecule has 0 aliphatic heterocycles. The van der Waals surface area contributed by atoms with Crippen molar-refractivity contribution in [3.8, 4) is 34.5 Å². The highest BCUT2D eigenvalue weighted by atomic mass is 16.5. The minimum Gasteiger partial charge on any atom is -0.493 e. The molecule has 0 fully saturated rings. The van der Waals surface area contributed by atoms with Gasteiger partial charge in [0.15, 0.2) is 23.0 Å². The number of methoxy groups -OCH3 is 4. The van der Waals surface area contributed by atoms with Gasteiger partial charge in [-0.1, -0.05) is 18.7 Å². The fraction of sp³-hybridized carbons (Fsp3) is 0.300. The van der Waals surface area contributed by atoms with E-state index in [4.69, 9.17) is 28.4 Å². The van der Waals surface area contributed by atoms with Gasteiger partial charge in [-0.3, -0.25) is 0 Å². The van der Waals surface area contributed by atoms with Crippen molar-refractivity contribution in [2.24, 2.45) is 0 Å². The SMILES string of the molecule is C=CCOc1ccc(COc2cc(OC)c(OC)c(OC)c2)cc1OC. The summed E-state index contributed by atoms with van der Waals surface area (Å²) in [6, 6.07) is 9.13. The Hall–Kier alpha value is -3.02. The van der Waals surface area contributed by atoms with Crippen molar-refractivity contribution in [3.05, 3.63) is 48.6 Å². The molecule has 0 aliphatic rings. The van der Waals surface area contributed by atoms with Gasteiger partial charge in [0, 0.05) is 12.1 Å². The van der Waals surface area contributed by atoms with Gasteiger partial charge in [-0.15, -0.1) is 0 Å². The van der Waals surface area contributed by atoms with Crippen LogP contribution in [0.5, 0.6) is 34.5 Å². The maximum atomic E-state index is 5.87. The molecule has 0 radical (unpaired) electrons. The second kappa shape index (κ2) is 9.46. The summed E-state index contributed by atoms with van der Waals surface area (Å²) in [6.45, 7) is 4.40. The van der Waals surface area contributed by atoms with Crippen LogP contribution >= 0.6 is 0 Å². The molecular formula is C20H24O6. The molecule has 26 heavy (non-hydrogen) atoms. The monoisotopic (exact) mass is 360 g/mol. The summed E-state index contributed by atoms with van der Waals surface area (Å²) in [4.78, 5) is 0. The normalized spacial score (nSPS) is 10.0. The lowest BCUT2D eigenvalue weighted by Gasteiger charge is -2.15. The van der Waals surface area contributed by atoms with Crippen molar-refractivity contribution in [1.29, 1.82) is 0 Å². The van der Waals surface area contributed by atoms with Gasteiger partial charge in [-0.05, 0) is 17.7 Å². The van der Waals surface area contributed by atoms with E-state index in [0.717, 1.165) is 5.56 Å². The summed E-state index contributed by atoms with van der Waals surface area (Å²) in [5, 5.41) is 0. The van der Waals surface area contributed by atoms with E-state index in [1.54, 1.807) is 46.6 Å². The Kier molecular flexibility index (Phi) is 7.02. The van der Waals surface area contributed by atoms with Gasteiger partial charge in [0.2, 0.25) is 5.75 Å². The smallest absolute Gasteiger partial charge is 0.203 e. The Balaban J connectivity index is 2.16. The van der Waals surface area contributed by atoms with Gasteiger partial charge >= 0.3 is 0 Å². The van der Waals surface area contributed by atoms with Crippen LogP contribution in [0.3, 0.4) is 0 Å². The van der Waals surface area contributed by atoms with E-state index >= 15 is 0 Å². The topological polar surface area (TPSA) is 55.4 Å². The van der Waals surface area contributed by atoms with Crippen LogP contribution < -0.4 is 28.4 Å². The molecule has 2 aromatic rings. The van der Waals surface area contributed by atoms with Crippen molar-refractivity contribution < 1.29 is 28.4 Å². The maximum Gasteiger partial charge on any atom is 0.203 e. The molecule has 0 saturated carbocycles. The average Bonchev–Trinajstić information content (AvgIpc) is 2.69. The largest absolute Gasteiger partial charge is 0.493 e. The lowest BCUT2D eigenvalue weighted by atomic mass is 10.2. The summed E-state index contributed by atoms with van der Waals surface area (Å²) in [5.41, 5.74) is 0.932. The first kappa shape index (κ1) is 19.3. The fourth-order valence-electron chi connectivity index (χ4n) is 2.38. The fourth-order valence-corrected chi connectivity index (χ4v) is 2.38. The highest BCUT2D eigenvalue weighted by molar-refractivity contribution is 5.56. The molecule has 0 saturated heterocycles. The third-order valence-corrected chi connectivity index (χ3v) is 3.63. The standard InChI is InChI=1S/C20H24O6/c1-6-9-25-16-8-7-14(10-17(16)21-2)13-26-15-11-18(22-3)20(24-5)19(12-15)23-4/h6-8,10-12H,1,9,13H2,2-5H3. The molecule has 0 heterocycles. The summed E-state index contributed by atoms with van der Waals surface area (Å²) >= 11 is 0. The average molecular weight is 360 g/mol. The van der Waals surface area contributed by atoms with Crippen molar-refractivity contribution in [3.63, 3.8) is 0 Å². The van der Waals surface area contributed by atoms with Crippen LogP contribution in [0.1, 0.15) is 5.56 Å². The molecule has 0 aliphatic carbocycles. The molecule has 2 aromatic carbocycles. The lowest BCUT2D eigenvalue weighted by Crippen LogP contribution is -2.01. The third-order valence-electron chi connectivity index (χ3n) is 3.63. The quantitative estimate of drug-likeness (QED) is 0.600. The first-order valence-corrected chi connectivity index (χ1v) is 8.00. The zero-order valence-corrected chi connectivity index (χ0v) is 15.5. The van der Waals surface area contributed by atoms with Crippen LogP contribution in [0.2, 0.25) is 0 Å². The highest BCUT2D eigenvalue weighted by Crippen LogP contribution is 2.41. The van der Waals surface area contributed by atoms with Crippen LogP contribution in [0, 0.1) is 0 Å². The van der Waals surface area contributed by atoms with Crippen LogP contribution in [0.25, 0.3) is 0 Å². The van der Waals surface area contributed by atoms with E-state index in [1.165, 1.54) is 0 Å². The van der Waals surface area contributed by atoms with Gasteiger partial charge in [0.05, 0.1) is 28.4 Å². The minimum atomic E-state index is 0.344. The molecular weight excluding hydrogens is 336 g/mol. The second-order valence-corrected chi connectivity index (χ2v) is 5.23. The van der Waals surface area contributed by atoms with Crippen LogP contribution in [0.15, 0.2) is 43.0 Å². The molecule has 0 spiro atoms. The molecule has 0 unspecified atom stereocenters. The molecule has 0 bridgehead atoms. The number of hydrogen-bond donors (Lipinski definition) is 0. The summed E-state index contributed by atoms with van der Waals surface area (Å²) < 4.78 is 32.8. The second-order valence-electron chi connectivity index (χ2n) is 5.23. The predicted octanol–water partition coefficient (Wildman–Crippen LogP) is 3.86. The van der Waals surface area contributed by atoms with E-state index in [0.29, 0.717) is 47.7 Å². The Morgan fingerprint density at radius 1 is 0.769 bits per heavy atom. The van der Waals surface area contributed by atoms with E-state index in [-0.39, 0.29) is 0 Å². The number of ether oxygens (including phenoxy) is 6. The van der Waals surface area contributed by atoms with Crippen LogP contribution in [-0.4, -0.2) is 35.0 Å². The molecule has 6 heteroatoms. The first-order chi connectivity index (χ1) is 12.7. The Bertz CT molecular complexity index is 716. The molecule has 140 valence electrons. The molecule has 0 atom stereocenters. The Labute approximate surface area is 153 Å². The van der Waals surface area contributed by atoms with Gasteiger partial charge in [-0.25, -0.2) is 0 Å². The van der Waals surface area contributed by atoms with Crippen LogP contribution in [0.4, 0.5) is 0 Å². The lowest BCUT2D eigenvalue weighted by molar-refractivity contribution is 0.289. The van der Waals surface area contributed by atoms with Gasteiger partial charge in [0.1, 0.15) is 19.0 Å². The minimum absolute atomic E-state index is 0.344. The summed E-state index contributed by atoms with van der Waals surface area (Å²) in [7, 11) is 6.28. The van der Waals surface area contributed by atoms with Crippen molar-refractivity contribution in [1.82, 2.24) is 0 Å². The molecule has 0 N–H and O–H groups in total. The van der Waals surface area contributed by atoms with E-state index in [1.807, 2.05) is 18.2 Å². The molecule has 6 nitrogen and oxygen atoms in total. The number of rotatable bonds is 10. The van der Waals surface area contributed by atoms with E-state index < -0.39 is 0 Å². The summed E-state index contributed by atoms with van der Waals surface area (Å²) in [6.07, 6.45) is 1.68. The van der Waals surface area contributed by atoms with E-state index in [2.05, 4.69) is 6.58 Å². The maximum absolute atomic E-state index is 5.87. The zero-order valence-electron chi connectivity index (χ0n) is 15.5. The van der Waals surface area contributed by atoms with Crippen LogP contribution in [-0.2, 0) is 6.61 Å². The van der Waals surface area contributed by atoms with Gasteiger partial charge in [-0.2, -0.15) is 0 Å². The van der Waals surface area contributed by atoms with Gasteiger partial charge in [0.25, 0.3) is 0 Å². The number of benzene rings is 2. The predicted molar refractivity (Wildman–Crippen MR) is 99.1 cm³/mol. The number of hydrogen-bond acceptors (Lipinski definition) is 6. The Morgan fingerprint density at radius 2 is 1.42 bits per heavy atom. The van der Waals surface area contributed by atoms with Crippen molar-refractivity contribution >= 4 is 0 Å². The first-order valence-electron chi connectivity index (χ1n) is 8.00. The molecule has 2 rings (SSSR count). The summed E-state index contributed by atoms with van der Waals surface area (Å²) in [5.74, 6) is 3.49. The Morgan fingerprint density at radius 3 is 1.96 bits per heavy atom. The van der Waals surface area contributed by atoms with Crippen molar-refractivity contribution in [2.75, 3.05) is 35.0 Å². The van der Waals surface area contributed by atoms with Crippen molar-refractivity contribution in [2.45, 2.75) is 6.61 Å². The van der Waals surface area contributed by atoms with E-state index in [9.17, 15) is 0 Å². The highest BCUT2D eigenvalue weighted by Gasteiger charge is 2.14. The third kappa shape index (κ3) is 4.53.